The van der Waals surface area contributed by atoms with Gasteiger partial charge in [-0.1, -0.05) is 19.8 Å². The minimum atomic E-state index is -0.483. The Bertz CT molecular complexity index is 167. The second kappa shape index (κ2) is 5.10. The van der Waals surface area contributed by atoms with Gasteiger partial charge in [-0.05, 0) is 25.7 Å². The maximum absolute atomic E-state index is 10.1. The summed E-state index contributed by atoms with van der Waals surface area (Å²) in [4.78, 5) is 0. The minimum Gasteiger partial charge on any atom is -0.396 e. The summed E-state index contributed by atoms with van der Waals surface area (Å²) < 4.78 is 0. The van der Waals surface area contributed by atoms with Crippen molar-refractivity contribution in [2.75, 3.05) is 13.2 Å². The van der Waals surface area contributed by atoms with Crippen LogP contribution in [0, 0.1) is 5.92 Å². The molecule has 0 amide bonds. The maximum Gasteiger partial charge on any atom is 0.0771 e. The van der Waals surface area contributed by atoms with Gasteiger partial charge in [0.1, 0.15) is 0 Å². The average molecular weight is 201 g/mol. The molecule has 2 unspecified atom stereocenters. The molecule has 0 aliphatic heterocycles. The first-order valence-electron chi connectivity index (χ1n) is 5.64. The monoisotopic (exact) mass is 201 g/mol. The Balaban J connectivity index is 2.25. The predicted molar refractivity (Wildman–Crippen MR) is 57.1 cm³/mol. The molecule has 3 nitrogen and oxygen atoms in total. The Morgan fingerprint density at radius 3 is 2.36 bits per heavy atom. The summed E-state index contributed by atoms with van der Waals surface area (Å²) in [5, 5.41) is 22.3. The lowest BCUT2D eigenvalue weighted by Gasteiger charge is -2.27. The SMILES string of the molecule is CC(CO)C(C)NCC1(O)CCCC1. The third-order valence-electron chi connectivity index (χ3n) is 3.43. The van der Waals surface area contributed by atoms with Crippen LogP contribution in [0.15, 0.2) is 0 Å². The van der Waals surface area contributed by atoms with Crippen molar-refractivity contribution in [3.8, 4) is 0 Å². The fourth-order valence-corrected chi connectivity index (χ4v) is 1.92. The van der Waals surface area contributed by atoms with Crippen LogP contribution >= 0.6 is 0 Å². The summed E-state index contributed by atoms with van der Waals surface area (Å²) in [5.41, 5.74) is -0.483. The molecule has 0 aromatic rings. The molecule has 0 heterocycles. The van der Waals surface area contributed by atoms with Crippen molar-refractivity contribution in [2.45, 2.75) is 51.2 Å². The largest absolute Gasteiger partial charge is 0.396 e. The van der Waals surface area contributed by atoms with Crippen molar-refractivity contribution < 1.29 is 10.2 Å². The Hall–Kier alpha value is -0.120. The van der Waals surface area contributed by atoms with Gasteiger partial charge in [0.05, 0.1) is 5.60 Å². The van der Waals surface area contributed by atoms with Gasteiger partial charge in [-0.3, -0.25) is 0 Å². The quantitative estimate of drug-likeness (QED) is 0.619. The molecule has 3 heteroatoms. The molecule has 1 fully saturated rings. The van der Waals surface area contributed by atoms with E-state index < -0.39 is 5.60 Å². The molecule has 3 N–H and O–H groups in total. The standard InChI is InChI=1S/C11H23NO2/c1-9(7-13)10(2)12-8-11(14)5-3-4-6-11/h9-10,12-14H,3-8H2,1-2H3. The van der Waals surface area contributed by atoms with E-state index in [0.29, 0.717) is 6.54 Å². The summed E-state index contributed by atoms with van der Waals surface area (Å²) in [6.45, 7) is 4.93. The Morgan fingerprint density at radius 2 is 1.86 bits per heavy atom. The lowest BCUT2D eigenvalue weighted by Crippen LogP contribution is -2.44. The van der Waals surface area contributed by atoms with Gasteiger partial charge in [0.2, 0.25) is 0 Å². The van der Waals surface area contributed by atoms with Crippen molar-refractivity contribution in [3.63, 3.8) is 0 Å². The van der Waals surface area contributed by atoms with Crippen molar-refractivity contribution in [3.05, 3.63) is 0 Å². The summed E-state index contributed by atoms with van der Waals surface area (Å²) in [6.07, 6.45) is 4.12. The lowest BCUT2D eigenvalue weighted by atomic mass is 10.00. The van der Waals surface area contributed by atoms with Gasteiger partial charge in [-0.15, -0.1) is 0 Å². The Labute approximate surface area is 86.5 Å². The van der Waals surface area contributed by atoms with Gasteiger partial charge in [0.15, 0.2) is 0 Å². The van der Waals surface area contributed by atoms with Crippen LogP contribution in [0.3, 0.4) is 0 Å². The number of hydrogen-bond acceptors (Lipinski definition) is 3. The normalized spacial score (nSPS) is 24.9. The first kappa shape index (κ1) is 12.0. The Kier molecular flexibility index (Phi) is 4.35. The summed E-state index contributed by atoms with van der Waals surface area (Å²) in [6, 6.07) is 0.268. The summed E-state index contributed by atoms with van der Waals surface area (Å²) in [7, 11) is 0. The first-order valence-corrected chi connectivity index (χ1v) is 5.64. The van der Waals surface area contributed by atoms with E-state index in [1.165, 1.54) is 0 Å². The zero-order valence-corrected chi connectivity index (χ0v) is 9.29. The molecule has 0 aromatic heterocycles. The van der Waals surface area contributed by atoms with Crippen LogP contribution in [0.4, 0.5) is 0 Å². The Morgan fingerprint density at radius 1 is 1.29 bits per heavy atom. The average Bonchev–Trinajstić information content (AvgIpc) is 2.61. The molecule has 0 bridgehead atoms. The van der Waals surface area contributed by atoms with Gasteiger partial charge in [0.25, 0.3) is 0 Å². The highest BCUT2D eigenvalue weighted by Crippen LogP contribution is 2.28. The van der Waals surface area contributed by atoms with Gasteiger partial charge < -0.3 is 15.5 Å². The first-order chi connectivity index (χ1) is 6.57. The third-order valence-corrected chi connectivity index (χ3v) is 3.43. The van der Waals surface area contributed by atoms with Gasteiger partial charge in [0, 0.05) is 19.2 Å². The number of aliphatic hydroxyl groups excluding tert-OH is 1. The lowest BCUT2D eigenvalue weighted by molar-refractivity contribution is 0.0421. The number of aliphatic hydroxyl groups is 2. The minimum absolute atomic E-state index is 0.201. The molecule has 2 atom stereocenters. The van der Waals surface area contributed by atoms with Crippen LogP contribution in [0.2, 0.25) is 0 Å². The van der Waals surface area contributed by atoms with Gasteiger partial charge in [-0.2, -0.15) is 0 Å². The molecule has 0 spiro atoms. The molecule has 1 aliphatic rings. The van der Waals surface area contributed by atoms with Crippen LogP contribution in [0.1, 0.15) is 39.5 Å². The third kappa shape index (κ3) is 3.23. The molecule has 1 rings (SSSR count). The molecule has 0 saturated heterocycles. The van der Waals surface area contributed by atoms with E-state index in [4.69, 9.17) is 5.11 Å². The van der Waals surface area contributed by atoms with E-state index in [0.717, 1.165) is 25.7 Å². The van der Waals surface area contributed by atoms with Gasteiger partial charge >= 0.3 is 0 Å². The van der Waals surface area contributed by atoms with E-state index in [9.17, 15) is 5.11 Å². The van der Waals surface area contributed by atoms with E-state index in [1.54, 1.807) is 0 Å². The number of hydrogen-bond donors (Lipinski definition) is 3. The van der Waals surface area contributed by atoms with E-state index in [1.807, 2.05) is 6.92 Å². The van der Waals surface area contributed by atoms with Crippen molar-refractivity contribution in [1.82, 2.24) is 5.32 Å². The van der Waals surface area contributed by atoms with Crippen LogP contribution in [-0.4, -0.2) is 35.0 Å². The van der Waals surface area contributed by atoms with E-state index in [2.05, 4.69) is 12.2 Å². The molecule has 84 valence electrons. The molecular weight excluding hydrogens is 178 g/mol. The molecule has 0 radical (unpaired) electrons. The van der Waals surface area contributed by atoms with Crippen LogP contribution in [0.25, 0.3) is 0 Å². The van der Waals surface area contributed by atoms with Crippen LogP contribution < -0.4 is 5.32 Å². The fourth-order valence-electron chi connectivity index (χ4n) is 1.92. The highest BCUT2D eigenvalue weighted by Gasteiger charge is 2.31. The van der Waals surface area contributed by atoms with E-state index in [-0.39, 0.29) is 18.6 Å². The summed E-state index contributed by atoms with van der Waals surface area (Å²) in [5.74, 6) is 0.250. The van der Waals surface area contributed by atoms with Crippen LogP contribution in [0.5, 0.6) is 0 Å². The van der Waals surface area contributed by atoms with Crippen LogP contribution in [-0.2, 0) is 0 Å². The molecule has 1 aliphatic carbocycles. The molecule has 0 aromatic carbocycles. The smallest absolute Gasteiger partial charge is 0.0771 e. The zero-order valence-electron chi connectivity index (χ0n) is 9.29. The van der Waals surface area contributed by atoms with Crippen molar-refractivity contribution in [1.29, 1.82) is 0 Å². The van der Waals surface area contributed by atoms with E-state index >= 15 is 0 Å². The molecular formula is C11H23NO2. The molecule has 1 saturated carbocycles. The highest BCUT2D eigenvalue weighted by molar-refractivity contribution is 4.87. The highest BCUT2D eigenvalue weighted by atomic mass is 16.3. The zero-order chi connectivity index (χ0) is 10.6. The fraction of sp³-hybridized carbons (Fsp3) is 1.00. The second-order valence-electron chi connectivity index (χ2n) is 4.76. The molecule has 14 heavy (non-hydrogen) atoms. The van der Waals surface area contributed by atoms with Crippen molar-refractivity contribution in [2.24, 2.45) is 5.92 Å². The predicted octanol–water partition coefficient (Wildman–Crippen LogP) is 0.898. The van der Waals surface area contributed by atoms with Gasteiger partial charge in [-0.25, -0.2) is 0 Å². The number of nitrogens with one attached hydrogen (secondary N) is 1. The van der Waals surface area contributed by atoms with Crippen molar-refractivity contribution >= 4 is 0 Å². The topological polar surface area (TPSA) is 52.5 Å². The maximum atomic E-state index is 10.1. The number of rotatable bonds is 5. The second-order valence-corrected chi connectivity index (χ2v) is 4.76. The summed E-state index contributed by atoms with van der Waals surface area (Å²) >= 11 is 0.